The zero-order chi connectivity index (χ0) is 12.4. The fraction of sp³-hybridized carbons (Fsp3) is 0.545. The van der Waals surface area contributed by atoms with Crippen LogP contribution >= 0.6 is 11.3 Å². The Morgan fingerprint density at radius 3 is 2.65 bits per heavy atom. The van der Waals surface area contributed by atoms with E-state index in [9.17, 15) is 0 Å². The minimum absolute atomic E-state index is 0.401. The molecule has 2 aromatic rings. The molecule has 0 atom stereocenters. The largest absolute Gasteiger partial charge is 0.418 e. The van der Waals surface area contributed by atoms with E-state index >= 15 is 0 Å². The maximum absolute atomic E-state index is 5.60. The molecule has 17 heavy (non-hydrogen) atoms. The lowest BCUT2D eigenvalue weighted by molar-refractivity contribution is 0.459. The topological polar surface area (TPSA) is 63.8 Å². The molecule has 0 aliphatic heterocycles. The van der Waals surface area contributed by atoms with Crippen LogP contribution in [0, 0.1) is 13.8 Å². The van der Waals surface area contributed by atoms with Gasteiger partial charge >= 0.3 is 0 Å². The van der Waals surface area contributed by atoms with Crippen LogP contribution in [0.15, 0.2) is 4.42 Å². The molecule has 5 nitrogen and oxygen atoms in total. The monoisotopic (exact) mass is 252 g/mol. The van der Waals surface area contributed by atoms with E-state index in [4.69, 9.17) is 4.42 Å². The molecule has 0 saturated carbocycles. The summed E-state index contributed by atoms with van der Waals surface area (Å²) in [5.74, 6) is 1.17. The summed E-state index contributed by atoms with van der Waals surface area (Å²) in [7, 11) is 0. The molecule has 0 unspecified atom stereocenters. The molecule has 0 bridgehead atoms. The highest BCUT2D eigenvalue weighted by molar-refractivity contribution is 7.15. The third-order valence-corrected chi connectivity index (χ3v) is 3.29. The van der Waals surface area contributed by atoms with Gasteiger partial charge in [-0.05, 0) is 13.8 Å². The lowest BCUT2D eigenvalue weighted by Crippen LogP contribution is -2.21. The highest BCUT2D eigenvalue weighted by Gasteiger charge is 2.14. The molecule has 0 fully saturated rings. The second-order valence-corrected chi connectivity index (χ2v) is 5.39. The number of aryl methyl sites for hydroxylation is 2. The molecule has 6 heteroatoms. The van der Waals surface area contributed by atoms with Crippen LogP contribution < -0.4 is 5.32 Å². The van der Waals surface area contributed by atoms with E-state index in [0.29, 0.717) is 24.4 Å². The van der Waals surface area contributed by atoms with Crippen LogP contribution in [0.1, 0.15) is 30.4 Å². The summed E-state index contributed by atoms with van der Waals surface area (Å²) in [6.45, 7) is 8.68. The van der Waals surface area contributed by atoms with E-state index in [-0.39, 0.29) is 0 Å². The van der Waals surface area contributed by atoms with E-state index in [0.717, 1.165) is 15.6 Å². The molecular formula is C11H16N4OS. The number of thiazole rings is 1. The third kappa shape index (κ3) is 2.89. The number of rotatable bonds is 4. The van der Waals surface area contributed by atoms with Crippen molar-refractivity contribution in [2.75, 3.05) is 0 Å². The Morgan fingerprint density at radius 1 is 1.29 bits per heavy atom. The van der Waals surface area contributed by atoms with Gasteiger partial charge in [-0.3, -0.25) is 0 Å². The van der Waals surface area contributed by atoms with Gasteiger partial charge in [-0.2, -0.15) is 0 Å². The number of aromatic nitrogens is 3. The molecule has 0 radical (unpaired) electrons. The second kappa shape index (κ2) is 4.93. The molecule has 0 aliphatic carbocycles. The predicted molar refractivity (Wildman–Crippen MR) is 66.9 cm³/mol. The van der Waals surface area contributed by atoms with Crippen molar-refractivity contribution >= 4 is 11.3 Å². The summed E-state index contributed by atoms with van der Waals surface area (Å²) in [6.07, 6.45) is 0. The van der Waals surface area contributed by atoms with Gasteiger partial charge in [-0.15, -0.1) is 21.5 Å². The lowest BCUT2D eigenvalue weighted by Gasteiger charge is -2.03. The molecule has 0 spiro atoms. The van der Waals surface area contributed by atoms with Gasteiger partial charge in [0.15, 0.2) is 0 Å². The van der Waals surface area contributed by atoms with E-state index in [2.05, 4.69) is 34.3 Å². The van der Waals surface area contributed by atoms with Gasteiger partial charge in [0.1, 0.15) is 4.88 Å². The predicted octanol–water partition coefficient (Wildman–Crippen LogP) is 2.31. The van der Waals surface area contributed by atoms with Crippen molar-refractivity contribution in [2.45, 2.75) is 40.3 Å². The van der Waals surface area contributed by atoms with Gasteiger partial charge in [0.05, 0.1) is 17.2 Å². The average Bonchev–Trinajstić information content (AvgIpc) is 2.82. The molecule has 2 aromatic heterocycles. The summed E-state index contributed by atoms with van der Waals surface area (Å²) in [5.41, 5.74) is 0.944. The average molecular weight is 252 g/mol. The van der Waals surface area contributed by atoms with Gasteiger partial charge < -0.3 is 9.73 Å². The molecule has 0 amide bonds. The first-order valence-electron chi connectivity index (χ1n) is 5.56. The zero-order valence-corrected chi connectivity index (χ0v) is 11.3. The van der Waals surface area contributed by atoms with Gasteiger partial charge in [-0.1, -0.05) is 13.8 Å². The Hall–Kier alpha value is -1.27. The first-order chi connectivity index (χ1) is 8.06. The molecule has 0 aromatic carbocycles. The fourth-order valence-electron chi connectivity index (χ4n) is 1.44. The number of nitrogens with one attached hydrogen (secondary N) is 1. The van der Waals surface area contributed by atoms with Crippen molar-refractivity contribution in [3.05, 3.63) is 16.6 Å². The van der Waals surface area contributed by atoms with Gasteiger partial charge in [0, 0.05) is 6.04 Å². The Balaban J connectivity index is 2.15. The van der Waals surface area contributed by atoms with Crippen LogP contribution in [0.5, 0.6) is 0 Å². The van der Waals surface area contributed by atoms with Crippen LogP contribution in [0.3, 0.4) is 0 Å². The Kier molecular flexibility index (Phi) is 3.54. The van der Waals surface area contributed by atoms with E-state index in [1.165, 1.54) is 0 Å². The summed E-state index contributed by atoms with van der Waals surface area (Å²) >= 11 is 1.58. The van der Waals surface area contributed by atoms with Crippen LogP contribution in [0.25, 0.3) is 10.8 Å². The first kappa shape index (κ1) is 12.2. The Labute approximate surface area is 104 Å². The second-order valence-electron chi connectivity index (χ2n) is 4.18. The molecule has 2 heterocycles. The van der Waals surface area contributed by atoms with Crippen molar-refractivity contribution in [1.29, 1.82) is 0 Å². The van der Waals surface area contributed by atoms with Gasteiger partial charge in [0.2, 0.25) is 5.89 Å². The van der Waals surface area contributed by atoms with Crippen LogP contribution in [-0.2, 0) is 6.54 Å². The molecule has 0 saturated heterocycles. The molecule has 1 N–H and O–H groups in total. The number of hydrogen-bond acceptors (Lipinski definition) is 6. The maximum Gasteiger partial charge on any atom is 0.259 e. The van der Waals surface area contributed by atoms with Crippen molar-refractivity contribution in [2.24, 2.45) is 0 Å². The van der Waals surface area contributed by atoms with Crippen molar-refractivity contribution in [3.63, 3.8) is 0 Å². The lowest BCUT2D eigenvalue weighted by atomic mass is 10.4. The van der Waals surface area contributed by atoms with Crippen molar-refractivity contribution in [1.82, 2.24) is 20.5 Å². The molecule has 0 aliphatic rings. The van der Waals surface area contributed by atoms with Crippen LogP contribution in [0.2, 0.25) is 0 Å². The number of hydrogen-bond donors (Lipinski definition) is 1. The summed E-state index contributed by atoms with van der Waals surface area (Å²) in [6, 6.07) is 0.401. The van der Waals surface area contributed by atoms with E-state index in [1.807, 2.05) is 13.8 Å². The maximum atomic E-state index is 5.60. The third-order valence-electron chi connectivity index (χ3n) is 2.23. The minimum Gasteiger partial charge on any atom is -0.418 e. The van der Waals surface area contributed by atoms with E-state index < -0.39 is 0 Å². The zero-order valence-electron chi connectivity index (χ0n) is 10.4. The molecule has 92 valence electrons. The Morgan fingerprint density at radius 2 is 2.06 bits per heavy atom. The summed E-state index contributed by atoms with van der Waals surface area (Å²) in [5, 5.41) is 12.3. The quantitative estimate of drug-likeness (QED) is 0.904. The normalized spacial score (nSPS) is 11.4. The summed E-state index contributed by atoms with van der Waals surface area (Å²) in [4.78, 5) is 5.31. The Bertz CT molecular complexity index is 503. The standard InChI is InChI=1S/C11H16N4OS/c1-6(2)12-5-9-14-15-11(16-9)10-7(3)13-8(4)17-10/h6,12H,5H2,1-4H3. The highest BCUT2D eigenvalue weighted by Crippen LogP contribution is 2.28. The van der Waals surface area contributed by atoms with E-state index in [1.54, 1.807) is 11.3 Å². The van der Waals surface area contributed by atoms with Crippen LogP contribution in [0.4, 0.5) is 0 Å². The van der Waals surface area contributed by atoms with Gasteiger partial charge in [-0.25, -0.2) is 4.98 Å². The molecule has 2 rings (SSSR count). The smallest absolute Gasteiger partial charge is 0.259 e. The number of nitrogens with zero attached hydrogens (tertiary/aromatic N) is 3. The first-order valence-corrected chi connectivity index (χ1v) is 6.38. The molecular weight excluding hydrogens is 236 g/mol. The van der Waals surface area contributed by atoms with Crippen molar-refractivity contribution in [3.8, 4) is 10.8 Å². The van der Waals surface area contributed by atoms with Gasteiger partial charge in [0.25, 0.3) is 5.89 Å². The minimum atomic E-state index is 0.401. The van der Waals surface area contributed by atoms with Crippen LogP contribution in [-0.4, -0.2) is 21.2 Å². The summed E-state index contributed by atoms with van der Waals surface area (Å²) < 4.78 is 5.60. The van der Waals surface area contributed by atoms with Crippen molar-refractivity contribution < 1.29 is 4.42 Å². The highest BCUT2D eigenvalue weighted by atomic mass is 32.1. The SMILES string of the molecule is Cc1nc(C)c(-c2nnc(CNC(C)C)o2)s1. The fourth-order valence-corrected chi connectivity index (χ4v) is 2.28.